The first-order chi connectivity index (χ1) is 7.18. The molecule has 0 radical (unpaired) electrons. The minimum absolute atomic E-state index is 0.0978. The molecule has 0 fully saturated rings. The predicted molar refractivity (Wildman–Crippen MR) is 51.2 cm³/mol. The number of nitrogens with zero attached hydrogens (tertiary/aromatic N) is 1. The molecule has 1 amide bonds. The van der Waals surface area contributed by atoms with Gasteiger partial charge in [-0.25, -0.2) is 0 Å². The normalized spacial score (nSPS) is 9.87. The zero-order chi connectivity index (χ0) is 11.1. The van der Waals surface area contributed by atoms with Crippen LogP contribution in [0.15, 0.2) is 17.0 Å². The summed E-state index contributed by atoms with van der Waals surface area (Å²) < 4.78 is 4.53. The number of hydrogen-bond acceptors (Lipinski definition) is 4. The summed E-state index contributed by atoms with van der Waals surface area (Å²) in [6, 6.07) is 0. The summed E-state index contributed by atoms with van der Waals surface area (Å²) in [5.74, 6) is -1.00. The molecule has 1 aromatic rings. The second kappa shape index (κ2) is 5.79. The average molecular weight is 212 g/mol. The molecule has 0 spiro atoms. The Bertz CT molecular complexity index is 321. The van der Waals surface area contributed by atoms with E-state index in [1.807, 2.05) is 0 Å². The van der Waals surface area contributed by atoms with Gasteiger partial charge in [-0.3, -0.25) is 9.59 Å². The van der Waals surface area contributed by atoms with E-state index in [0.29, 0.717) is 24.9 Å². The number of carbonyl (C=O) groups is 2. The van der Waals surface area contributed by atoms with Crippen molar-refractivity contribution < 1.29 is 19.2 Å². The van der Waals surface area contributed by atoms with Gasteiger partial charge in [0.05, 0.1) is 6.20 Å². The number of carboxylic acids is 1. The Morgan fingerprint density at radius 2 is 2.13 bits per heavy atom. The summed E-state index contributed by atoms with van der Waals surface area (Å²) in [4.78, 5) is 21.4. The van der Waals surface area contributed by atoms with Gasteiger partial charge in [-0.2, -0.15) is 0 Å². The van der Waals surface area contributed by atoms with Crippen LogP contribution in [0.4, 0.5) is 5.69 Å². The van der Waals surface area contributed by atoms with Crippen molar-refractivity contribution in [2.75, 3.05) is 5.32 Å². The van der Waals surface area contributed by atoms with Crippen molar-refractivity contribution in [3.05, 3.63) is 12.5 Å². The van der Waals surface area contributed by atoms with Crippen LogP contribution in [-0.4, -0.2) is 22.1 Å². The zero-order valence-corrected chi connectivity index (χ0v) is 8.10. The fourth-order valence-electron chi connectivity index (χ4n) is 1.05. The number of unbranched alkanes of at least 4 members (excludes halogenated alkanes) is 1. The van der Waals surface area contributed by atoms with Gasteiger partial charge in [0.15, 0.2) is 0 Å². The minimum Gasteiger partial charge on any atom is -0.481 e. The second-order valence-electron chi connectivity index (χ2n) is 3.06. The van der Waals surface area contributed by atoms with Crippen LogP contribution in [0.25, 0.3) is 0 Å². The minimum atomic E-state index is -0.838. The lowest BCUT2D eigenvalue weighted by Gasteiger charge is -2.00. The number of carboxylic acid groups (broad SMARTS) is 1. The Morgan fingerprint density at radius 3 is 2.73 bits per heavy atom. The van der Waals surface area contributed by atoms with Crippen LogP contribution in [0.5, 0.6) is 0 Å². The molecule has 0 aromatic carbocycles. The molecule has 82 valence electrons. The molecule has 0 unspecified atom stereocenters. The molecule has 1 rings (SSSR count). The number of carbonyl (C=O) groups excluding carboxylic acids is 1. The van der Waals surface area contributed by atoms with E-state index in [4.69, 9.17) is 5.11 Å². The van der Waals surface area contributed by atoms with E-state index < -0.39 is 5.97 Å². The van der Waals surface area contributed by atoms with Crippen LogP contribution in [0.3, 0.4) is 0 Å². The highest BCUT2D eigenvalue weighted by atomic mass is 16.5. The Morgan fingerprint density at radius 1 is 1.40 bits per heavy atom. The number of amides is 1. The maximum Gasteiger partial charge on any atom is 0.303 e. The molecule has 0 aliphatic rings. The van der Waals surface area contributed by atoms with Gasteiger partial charge in [0, 0.05) is 12.8 Å². The van der Waals surface area contributed by atoms with Gasteiger partial charge in [0.2, 0.25) is 5.91 Å². The highest BCUT2D eigenvalue weighted by molar-refractivity contribution is 5.90. The lowest BCUT2D eigenvalue weighted by Crippen LogP contribution is -2.10. The quantitative estimate of drug-likeness (QED) is 0.692. The standard InChI is InChI=1S/C9H12N2O4/c12-8(3-1-2-4-9(13)14)11-7-5-10-15-6-7/h5-6H,1-4H2,(H,11,12)(H,13,14). The van der Waals surface area contributed by atoms with Gasteiger partial charge in [-0.15, -0.1) is 0 Å². The fraction of sp³-hybridized carbons (Fsp3) is 0.444. The Hall–Kier alpha value is -1.85. The van der Waals surface area contributed by atoms with Crippen LogP contribution < -0.4 is 5.32 Å². The van der Waals surface area contributed by atoms with E-state index in [0.717, 1.165) is 0 Å². The molecular formula is C9H12N2O4. The number of aromatic nitrogens is 1. The first-order valence-corrected chi connectivity index (χ1v) is 4.59. The van der Waals surface area contributed by atoms with Gasteiger partial charge >= 0.3 is 5.97 Å². The van der Waals surface area contributed by atoms with Gasteiger partial charge < -0.3 is 14.9 Å². The SMILES string of the molecule is O=C(O)CCCCC(=O)Nc1cnoc1. The summed E-state index contributed by atoms with van der Waals surface area (Å²) in [5, 5.41) is 14.4. The molecule has 15 heavy (non-hydrogen) atoms. The first-order valence-electron chi connectivity index (χ1n) is 4.59. The summed E-state index contributed by atoms with van der Waals surface area (Å²) in [6.45, 7) is 0. The fourth-order valence-corrected chi connectivity index (χ4v) is 1.05. The van der Waals surface area contributed by atoms with E-state index in [1.54, 1.807) is 0 Å². The largest absolute Gasteiger partial charge is 0.481 e. The summed E-state index contributed by atoms with van der Waals surface area (Å²) >= 11 is 0. The summed E-state index contributed by atoms with van der Waals surface area (Å²) in [7, 11) is 0. The first kappa shape index (κ1) is 11.2. The van der Waals surface area contributed by atoms with E-state index in [9.17, 15) is 9.59 Å². The lowest BCUT2D eigenvalue weighted by molar-refractivity contribution is -0.137. The van der Waals surface area contributed by atoms with E-state index in [-0.39, 0.29) is 12.3 Å². The molecule has 1 heterocycles. The Labute approximate surface area is 86.3 Å². The Kier molecular flexibility index (Phi) is 4.33. The molecule has 0 aliphatic heterocycles. The third kappa shape index (κ3) is 4.80. The van der Waals surface area contributed by atoms with Crippen molar-refractivity contribution in [1.29, 1.82) is 0 Å². The molecule has 6 heteroatoms. The zero-order valence-electron chi connectivity index (χ0n) is 8.10. The van der Waals surface area contributed by atoms with Gasteiger partial charge in [0.25, 0.3) is 0 Å². The monoisotopic (exact) mass is 212 g/mol. The van der Waals surface area contributed by atoms with E-state index in [2.05, 4.69) is 15.0 Å². The highest BCUT2D eigenvalue weighted by Gasteiger charge is 2.04. The van der Waals surface area contributed by atoms with Crippen LogP contribution in [0.1, 0.15) is 25.7 Å². The molecular weight excluding hydrogens is 200 g/mol. The Balaban J connectivity index is 2.11. The number of anilines is 1. The smallest absolute Gasteiger partial charge is 0.303 e. The summed E-state index contributed by atoms with van der Waals surface area (Å²) in [6.07, 6.45) is 4.19. The van der Waals surface area contributed by atoms with Crippen molar-refractivity contribution in [2.24, 2.45) is 0 Å². The van der Waals surface area contributed by atoms with Gasteiger partial charge in [-0.05, 0) is 12.8 Å². The second-order valence-corrected chi connectivity index (χ2v) is 3.06. The molecule has 0 bridgehead atoms. The van der Waals surface area contributed by atoms with Crippen molar-refractivity contribution >= 4 is 17.6 Å². The van der Waals surface area contributed by atoms with Gasteiger partial charge in [0.1, 0.15) is 12.0 Å². The molecule has 0 aliphatic carbocycles. The summed E-state index contributed by atoms with van der Waals surface area (Å²) in [5.41, 5.74) is 0.512. The van der Waals surface area contributed by atoms with Crippen LogP contribution >= 0.6 is 0 Å². The maximum absolute atomic E-state index is 11.2. The molecule has 0 saturated carbocycles. The van der Waals surface area contributed by atoms with Crippen LogP contribution in [0, 0.1) is 0 Å². The predicted octanol–water partition coefficient (Wildman–Crippen LogP) is 1.26. The molecule has 0 atom stereocenters. The molecule has 0 saturated heterocycles. The van der Waals surface area contributed by atoms with Gasteiger partial charge in [-0.1, -0.05) is 5.16 Å². The van der Waals surface area contributed by atoms with Crippen molar-refractivity contribution in [3.8, 4) is 0 Å². The van der Waals surface area contributed by atoms with E-state index in [1.165, 1.54) is 12.5 Å². The topological polar surface area (TPSA) is 92.4 Å². The third-order valence-electron chi connectivity index (χ3n) is 1.76. The lowest BCUT2D eigenvalue weighted by atomic mass is 10.2. The molecule has 6 nitrogen and oxygen atoms in total. The third-order valence-corrected chi connectivity index (χ3v) is 1.76. The van der Waals surface area contributed by atoms with E-state index >= 15 is 0 Å². The average Bonchev–Trinajstić information content (AvgIpc) is 2.64. The van der Waals surface area contributed by atoms with Crippen LogP contribution in [0.2, 0.25) is 0 Å². The molecule has 2 N–H and O–H groups in total. The van der Waals surface area contributed by atoms with Crippen molar-refractivity contribution in [3.63, 3.8) is 0 Å². The highest BCUT2D eigenvalue weighted by Crippen LogP contribution is 2.06. The van der Waals surface area contributed by atoms with Crippen molar-refractivity contribution in [1.82, 2.24) is 5.16 Å². The van der Waals surface area contributed by atoms with Crippen LogP contribution in [-0.2, 0) is 9.59 Å². The number of aliphatic carboxylic acids is 1. The molecule has 1 aromatic heterocycles. The van der Waals surface area contributed by atoms with Crippen molar-refractivity contribution in [2.45, 2.75) is 25.7 Å². The number of nitrogens with one attached hydrogen (secondary N) is 1. The number of rotatable bonds is 6. The maximum atomic E-state index is 11.2. The number of hydrogen-bond donors (Lipinski definition) is 2.